The van der Waals surface area contributed by atoms with Gasteiger partial charge in [0.2, 0.25) is 0 Å². The molecule has 0 saturated carbocycles. The minimum atomic E-state index is -0.806. The second-order valence-corrected chi connectivity index (χ2v) is 5.30. The molecule has 0 unspecified atom stereocenters. The number of rotatable bonds is 3. The van der Waals surface area contributed by atoms with Crippen molar-refractivity contribution in [3.63, 3.8) is 0 Å². The molecule has 9 heteroatoms. The number of hydrazine groups is 1. The first kappa shape index (κ1) is 17.2. The molecule has 0 aliphatic rings. The van der Waals surface area contributed by atoms with E-state index in [1.54, 1.807) is 6.92 Å². The van der Waals surface area contributed by atoms with Gasteiger partial charge >= 0.3 is 0 Å². The molecule has 0 saturated heterocycles. The summed E-state index contributed by atoms with van der Waals surface area (Å²) < 4.78 is 27.9. The number of nitrogens with one attached hydrogen (secondary N) is 2. The molecule has 0 aliphatic heterocycles. The molecule has 2 aromatic carbocycles. The highest BCUT2D eigenvalue weighted by Crippen LogP contribution is 2.13. The number of benzene rings is 2. The third kappa shape index (κ3) is 3.41. The molecular formula is C17H13F2N5O2. The molecule has 0 fully saturated rings. The van der Waals surface area contributed by atoms with Crippen molar-refractivity contribution in [3.05, 3.63) is 77.1 Å². The molecule has 3 aromatic rings. The Balaban J connectivity index is 1.72. The van der Waals surface area contributed by atoms with Gasteiger partial charge in [0.05, 0.1) is 16.9 Å². The van der Waals surface area contributed by atoms with Gasteiger partial charge in [-0.15, -0.1) is 5.10 Å². The Morgan fingerprint density at radius 3 is 2.31 bits per heavy atom. The average molecular weight is 357 g/mol. The van der Waals surface area contributed by atoms with Crippen LogP contribution >= 0.6 is 0 Å². The summed E-state index contributed by atoms with van der Waals surface area (Å²) in [7, 11) is 0. The lowest BCUT2D eigenvalue weighted by molar-refractivity contribution is 0.0841. The van der Waals surface area contributed by atoms with Crippen LogP contribution in [-0.2, 0) is 0 Å². The van der Waals surface area contributed by atoms with E-state index < -0.39 is 23.4 Å². The summed E-state index contributed by atoms with van der Waals surface area (Å²) in [6, 6.07) is 10.8. The summed E-state index contributed by atoms with van der Waals surface area (Å²) in [4.78, 5) is 24.1. The van der Waals surface area contributed by atoms with Gasteiger partial charge in [-0.05, 0) is 43.3 Å². The fourth-order valence-corrected chi connectivity index (χ4v) is 2.25. The number of nitrogens with zero attached hydrogens (tertiary/aromatic N) is 3. The van der Waals surface area contributed by atoms with Crippen molar-refractivity contribution in [3.8, 4) is 5.69 Å². The van der Waals surface area contributed by atoms with Crippen LogP contribution < -0.4 is 10.9 Å². The quantitative estimate of drug-likeness (QED) is 0.701. The summed E-state index contributed by atoms with van der Waals surface area (Å²) in [5, 5.41) is 7.61. The maximum Gasteiger partial charge on any atom is 0.292 e. The fraction of sp³-hybridized carbons (Fsp3) is 0.0588. The molecule has 7 nitrogen and oxygen atoms in total. The number of carbonyl (C=O) groups is 2. The summed E-state index contributed by atoms with van der Waals surface area (Å²) in [5.74, 6) is -2.64. The Hall–Kier alpha value is -3.62. The van der Waals surface area contributed by atoms with Crippen molar-refractivity contribution in [2.45, 2.75) is 6.92 Å². The Morgan fingerprint density at radius 1 is 0.962 bits per heavy atom. The smallest absolute Gasteiger partial charge is 0.267 e. The maximum atomic E-state index is 13.5. The Kier molecular flexibility index (Phi) is 4.70. The first-order valence-corrected chi connectivity index (χ1v) is 7.51. The predicted molar refractivity (Wildman–Crippen MR) is 87.4 cm³/mol. The zero-order valence-electron chi connectivity index (χ0n) is 13.5. The molecule has 132 valence electrons. The van der Waals surface area contributed by atoms with Crippen LogP contribution in [0, 0.1) is 18.6 Å². The van der Waals surface area contributed by atoms with Gasteiger partial charge in [0.1, 0.15) is 11.6 Å². The van der Waals surface area contributed by atoms with E-state index >= 15 is 0 Å². The minimum Gasteiger partial charge on any atom is -0.267 e. The normalized spacial score (nSPS) is 10.4. The molecular weight excluding hydrogens is 344 g/mol. The first-order chi connectivity index (χ1) is 12.5. The minimum absolute atomic E-state index is 0.0387. The third-order valence-electron chi connectivity index (χ3n) is 3.59. The molecule has 0 bridgehead atoms. The summed E-state index contributed by atoms with van der Waals surface area (Å²) in [6.07, 6.45) is 0. The van der Waals surface area contributed by atoms with Crippen molar-refractivity contribution in [2.75, 3.05) is 0 Å². The van der Waals surface area contributed by atoms with Gasteiger partial charge < -0.3 is 0 Å². The number of hydrogen-bond donors (Lipinski definition) is 2. The molecule has 0 atom stereocenters. The lowest BCUT2D eigenvalue weighted by atomic mass is 10.2. The fourth-order valence-electron chi connectivity index (χ4n) is 2.25. The van der Waals surface area contributed by atoms with Gasteiger partial charge in [0.25, 0.3) is 11.8 Å². The van der Waals surface area contributed by atoms with Crippen molar-refractivity contribution < 1.29 is 18.4 Å². The van der Waals surface area contributed by atoms with Crippen LogP contribution in [0.5, 0.6) is 0 Å². The summed E-state index contributed by atoms with van der Waals surface area (Å²) in [5.41, 5.74) is 4.93. The second kappa shape index (κ2) is 7.09. The number of carbonyl (C=O) groups excluding carboxylic acids is 2. The number of halogens is 2. The van der Waals surface area contributed by atoms with Crippen molar-refractivity contribution in [1.29, 1.82) is 0 Å². The highest BCUT2D eigenvalue weighted by Gasteiger charge is 2.19. The maximum absolute atomic E-state index is 13.5. The molecule has 2 amide bonds. The zero-order valence-corrected chi connectivity index (χ0v) is 13.5. The third-order valence-corrected chi connectivity index (χ3v) is 3.59. The average Bonchev–Trinajstić information content (AvgIpc) is 3.02. The SMILES string of the molecule is Cc1c(C(=O)NNC(=O)c2ccccc2F)nnn1-c1ccc(F)cc1. The highest BCUT2D eigenvalue weighted by atomic mass is 19.1. The van der Waals surface area contributed by atoms with Gasteiger partial charge in [0, 0.05) is 0 Å². The topological polar surface area (TPSA) is 88.9 Å². The van der Waals surface area contributed by atoms with Gasteiger partial charge in [-0.2, -0.15) is 0 Å². The van der Waals surface area contributed by atoms with E-state index in [-0.39, 0.29) is 11.3 Å². The Morgan fingerprint density at radius 2 is 1.62 bits per heavy atom. The van der Waals surface area contributed by atoms with E-state index in [0.717, 1.165) is 6.07 Å². The molecule has 26 heavy (non-hydrogen) atoms. The summed E-state index contributed by atoms with van der Waals surface area (Å²) in [6.45, 7) is 1.59. The molecule has 1 aromatic heterocycles. The van der Waals surface area contributed by atoms with Crippen LogP contribution in [-0.4, -0.2) is 26.8 Å². The van der Waals surface area contributed by atoms with Crippen LogP contribution in [0.1, 0.15) is 26.5 Å². The zero-order chi connectivity index (χ0) is 18.7. The predicted octanol–water partition coefficient (Wildman–Crippen LogP) is 1.93. The van der Waals surface area contributed by atoms with Gasteiger partial charge in [-0.3, -0.25) is 20.4 Å². The van der Waals surface area contributed by atoms with E-state index in [2.05, 4.69) is 21.2 Å². The van der Waals surface area contributed by atoms with Gasteiger partial charge in [-0.1, -0.05) is 17.3 Å². The second-order valence-electron chi connectivity index (χ2n) is 5.30. The van der Waals surface area contributed by atoms with E-state index in [4.69, 9.17) is 0 Å². The van der Waals surface area contributed by atoms with Crippen LogP contribution in [0.4, 0.5) is 8.78 Å². The number of amides is 2. The van der Waals surface area contributed by atoms with E-state index in [1.807, 2.05) is 0 Å². The Labute approximate surface area is 146 Å². The molecule has 0 spiro atoms. The first-order valence-electron chi connectivity index (χ1n) is 7.51. The lowest BCUT2D eigenvalue weighted by Crippen LogP contribution is -2.42. The van der Waals surface area contributed by atoms with Crippen LogP contribution in [0.3, 0.4) is 0 Å². The van der Waals surface area contributed by atoms with Crippen molar-refractivity contribution >= 4 is 11.8 Å². The molecule has 0 radical (unpaired) electrons. The molecule has 3 rings (SSSR count). The monoisotopic (exact) mass is 357 g/mol. The van der Waals surface area contributed by atoms with Crippen molar-refractivity contribution in [1.82, 2.24) is 25.8 Å². The number of aromatic nitrogens is 3. The van der Waals surface area contributed by atoms with Crippen LogP contribution in [0.25, 0.3) is 5.69 Å². The molecule has 2 N–H and O–H groups in total. The molecule has 0 aliphatic carbocycles. The standard InChI is InChI=1S/C17H13F2N5O2/c1-10-15(20-23-24(10)12-8-6-11(18)7-9-12)17(26)22-21-16(25)13-4-2-3-5-14(13)19/h2-9H,1H3,(H,21,25)(H,22,26). The van der Waals surface area contributed by atoms with Crippen LogP contribution in [0.2, 0.25) is 0 Å². The Bertz CT molecular complexity index is 970. The molecule has 1 heterocycles. The van der Waals surface area contributed by atoms with Gasteiger partial charge in [-0.25, -0.2) is 13.5 Å². The van der Waals surface area contributed by atoms with E-state index in [1.165, 1.54) is 47.1 Å². The van der Waals surface area contributed by atoms with E-state index in [9.17, 15) is 18.4 Å². The summed E-state index contributed by atoms with van der Waals surface area (Å²) >= 11 is 0. The highest BCUT2D eigenvalue weighted by molar-refractivity contribution is 5.98. The largest absolute Gasteiger partial charge is 0.292 e. The lowest BCUT2D eigenvalue weighted by Gasteiger charge is -2.07. The van der Waals surface area contributed by atoms with E-state index in [0.29, 0.717) is 11.4 Å². The number of hydrogen-bond acceptors (Lipinski definition) is 4. The van der Waals surface area contributed by atoms with Crippen molar-refractivity contribution in [2.24, 2.45) is 0 Å². The van der Waals surface area contributed by atoms with Gasteiger partial charge in [0.15, 0.2) is 5.69 Å². The van der Waals surface area contributed by atoms with Crippen LogP contribution in [0.15, 0.2) is 48.5 Å².